The lowest BCUT2D eigenvalue weighted by Gasteiger charge is -2.49. The van der Waals surface area contributed by atoms with Crippen molar-refractivity contribution in [3.05, 3.63) is 11.9 Å². The van der Waals surface area contributed by atoms with E-state index in [0.29, 0.717) is 12.0 Å². The number of carbonyl (C=O) groups is 1. The second-order valence-electron chi connectivity index (χ2n) is 7.17. The van der Waals surface area contributed by atoms with Gasteiger partial charge in [-0.3, -0.25) is 14.4 Å². The Labute approximate surface area is 137 Å². The fourth-order valence-electron chi connectivity index (χ4n) is 3.92. The lowest BCUT2D eigenvalue weighted by atomic mass is 9.75. The van der Waals surface area contributed by atoms with Crippen LogP contribution in [0.25, 0.3) is 0 Å². The Morgan fingerprint density at radius 2 is 2.30 bits per heavy atom. The van der Waals surface area contributed by atoms with E-state index in [1.54, 1.807) is 0 Å². The van der Waals surface area contributed by atoms with Crippen LogP contribution in [0.1, 0.15) is 32.4 Å². The molecule has 2 unspecified atom stereocenters. The van der Waals surface area contributed by atoms with Gasteiger partial charge in [-0.15, -0.1) is 5.10 Å². The van der Waals surface area contributed by atoms with Gasteiger partial charge in [-0.25, -0.2) is 0 Å². The monoisotopic (exact) mass is 320 g/mol. The molecular formula is C16H28N6O. The first-order valence-corrected chi connectivity index (χ1v) is 8.65. The molecule has 3 aliphatic rings. The van der Waals surface area contributed by atoms with Gasteiger partial charge in [0.15, 0.2) is 0 Å². The van der Waals surface area contributed by atoms with E-state index < -0.39 is 0 Å². The van der Waals surface area contributed by atoms with Gasteiger partial charge < -0.3 is 10.6 Å². The summed E-state index contributed by atoms with van der Waals surface area (Å²) in [6, 6.07) is 0.690. The Hall–Kier alpha value is -1.47. The van der Waals surface area contributed by atoms with Gasteiger partial charge in [0, 0.05) is 31.4 Å². The molecule has 0 aromatic carbocycles. The summed E-state index contributed by atoms with van der Waals surface area (Å²) in [5.41, 5.74) is 0.970. The van der Waals surface area contributed by atoms with Crippen molar-refractivity contribution in [3.63, 3.8) is 0 Å². The number of rotatable bonds is 6. The summed E-state index contributed by atoms with van der Waals surface area (Å²) in [7, 11) is 1.91. The fourth-order valence-corrected chi connectivity index (χ4v) is 3.92. The summed E-state index contributed by atoms with van der Waals surface area (Å²) in [4.78, 5) is 14.8. The normalized spacial score (nSPS) is 29.9. The zero-order valence-corrected chi connectivity index (χ0v) is 14.3. The van der Waals surface area contributed by atoms with Crippen molar-refractivity contribution in [1.29, 1.82) is 0 Å². The molecule has 128 valence electrons. The second-order valence-corrected chi connectivity index (χ2v) is 7.17. The third kappa shape index (κ3) is 3.72. The van der Waals surface area contributed by atoms with Crippen LogP contribution < -0.4 is 10.6 Å². The molecule has 2 bridgehead atoms. The van der Waals surface area contributed by atoms with Crippen molar-refractivity contribution in [2.75, 3.05) is 20.1 Å². The van der Waals surface area contributed by atoms with Gasteiger partial charge in [-0.1, -0.05) is 5.21 Å². The van der Waals surface area contributed by atoms with Crippen LogP contribution >= 0.6 is 0 Å². The molecule has 7 nitrogen and oxygen atoms in total. The highest BCUT2D eigenvalue weighted by Gasteiger charge is 2.43. The van der Waals surface area contributed by atoms with E-state index in [4.69, 9.17) is 0 Å². The van der Waals surface area contributed by atoms with Crippen molar-refractivity contribution in [3.8, 4) is 0 Å². The van der Waals surface area contributed by atoms with E-state index in [-0.39, 0.29) is 17.9 Å². The van der Waals surface area contributed by atoms with E-state index in [0.717, 1.165) is 44.7 Å². The molecule has 0 spiro atoms. The third-order valence-corrected chi connectivity index (χ3v) is 4.99. The Bertz CT molecular complexity index is 542. The molecule has 1 aromatic heterocycles. The SMILES string of the molecule is CNCc1cn(C[C@H]2CC3CCN2C[C@@H]3C(=O)NC(C)C)nn1. The first-order chi connectivity index (χ1) is 11.1. The fraction of sp³-hybridized carbons (Fsp3) is 0.812. The molecule has 23 heavy (non-hydrogen) atoms. The van der Waals surface area contributed by atoms with E-state index in [1.165, 1.54) is 0 Å². The molecular weight excluding hydrogens is 292 g/mol. The molecule has 0 aliphatic carbocycles. The molecule has 0 radical (unpaired) electrons. The van der Waals surface area contributed by atoms with Crippen LogP contribution in [-0.2, 0) is 17.9 Å². The highest BCUT2D eigenvalue weighted by atomic mass is 16.2. The van der Waals surface area contributed by atoms with Gasteiger partial charge >= 0.3 is 0 Å². The maximum atomic E-state index is 12.4. The van der Waals surface area contributed by atoms with Gasteiger partial charge in [0.1, 0.15) is 0 Å². The number of amides is 1. The standard InChI is InChI=1S/C16H28N6O/c1-11(2)18-16(23)15-10-21-5-4-12(15)6-14(21)9-22-8-13(7-17-3)19-20-22/h8,11-12,14-15,17H,4-7,9-10H2,1-3H3,(H,18,23)/t12?,14-,15+/m1/s1. The second kappa shape index (κ2) is 6.97. The van der Waals surface area contributed by atoms with Crippen LogP contribution in [0.3, 0.4) is 0 Å². The molecule has 3 fully saturated rings. The van der Waals surface area contributed by atoms with E-state index in [2.05, 4.69) is 25.8 Å². The maximum Gasteiger partial charge on any atom is 0.224 e. The lowest BCUT2D eigenvalue weighted by Crippen LogP contribution is -2.58. The quantitative estimate of drug-likeness (QED) is 0.785. The van der Waals surface area contributed by atoms with Crippen molar-refractivity contribution in [1.82, 2.24) is 30.5 Å². The maximum absolute atomic E-state index is 12.4. The summed E-state index contributed by atoms with van der Waals surface area (Å²) >= 11 is 0. The largest absolute Gasteiger partial charge is 0.354 e. The van der Waals surface area contributed by atoms with Crippen molar-refractivity contribution >= 4 is 5.91 Å². The highest BCUT2D eigenvalue weighted by Crippen LogP contribution is 2.36. The Balaban J connectivity index is 1.59. The summed E-state index contributed by atoms with van der Waals surface area (Å²) in [5.74, 6) is 0.882. The molecule has 4 heterocycles. The molecule has 0 saturated carbocycles. The van der Waals surface area contributed by atoms with Gasteiger partial charge in [-0.05, 0) is 46.2 Å². The molecule has 1 amide bonds. The van der Waals surface area contributed by atoms with Crippen molar-refractivity contribution in [2.24, 2.45) is 11.8 Å². The van der Waals surface area contributed by atoms with E-state index in [9.17, 15) is 4.79 Å². The minimum Gasteiger partial charge on any atom is -0.354 e. The molecule has 4 atom stereocenters. The predicted molar refractivity (Wildman–Crippen MR) is 87.6 cm³/mol. The van der Waals surface area contributed by atoms with Crippen LogP contribution in [0.5, 0.6) is 0 Å². The van der Waals surface area contributed by atoms with Gasteiger partial charge in [0.2, 0.25) is 5.91 Å². The Kier molecular flexibility index (Phi) is 4.96. The summed E-state index contributed by atoms with van der Waals surface area (Å²) in [6.07, 6.45) is 4.23. The summed E-state index contributed by atoms with van der Waals surface area (Å²) in [5, 5.41) is 14.6. The number of nitrogens with zero attached hydrogens (tertiary/aromatic N) is 4. The topological polar surface area (TPSA) is 75.1 Å². The summed E-state index contributed by atoms with van der Waals surface area (Å²) < 4.78 is 1.95. The minimum absolute atomic E-state index is 0.151. The lowest BCUT2D eigenvalue weighted by molar-refractivity contribution is -0.133. The van der Waals surface area contributed by atoms with Crippen LogP contribution in [0, 0.1) is 11.8 Å². The first-order valence-electron chi connectivity index (χ1n) is 8.65. The highest BCUT2D eigenvalue weighted by molar-refractivity contribution is 5.79. The van der Waals surface area contributed by atoms with Crippen molar-refractivity contribution < 1.29 is 4.79 Å². The van der Waals surface area contributed by atoms with E-state index >= 15 is 0 Å². The predicted octanol–water partition coefficient (Wildman–Crippen LogP) is 0.233. The van der Waals surface area contributed by atoms with Crippen LogP contribution in [0.15, 0.2) is 6.20 Å². The molecule has 2 N–H and O–H groups in total. The third-order valence-electron chi connectivity index (χ3n) is 4.99. The number of aromatic nitrogens is 3. The molecule has 4 rings (SSSR count). The Morgan fingerprint density at radius 3 is 2.96 bits per heavy atom. The molecule has 3 aliphatic heterocycles. The number of carbonyl (C=O) groups excluding carboxylic acids is 1. The number of piperidine rings is 3. The molecule has 7 heteroatoms. The summed E-state index contributed by atoms with van der Waals surface area (Å²) in [6.45, 7) is 7.63. The number of nitrogens with one attached hydrogen (secondary N) is 2. The van der Waals surface area contributed by atoms with Crippen LogP contribution in [0.4, 0.5) is 0 Å². The zero-order valence-electron chi connectivity index (χ0n) is 14.3. The number of hydrogen-bond acceptors (Lipinski definition) is 5. The Morgan fingerprint density at radius 1 is 1.48 bits per heavy atom. The molecule has 1 aromatic rings. The average Bonchev–Trinajstić information content (AvgIpc) is 2.95. The van der Waals surface area contributed by atoms with Gasteiger partial charge in [0.05, 0.1) is 18.2 Å². The zero-order chi connectivity index (χ0) is 16.4. The van der Waals surface area contributed by atoms with Gasteiger partial charge in [0.25, 0.3) is 0 Å². The number of fused-ring (bicyclic) bond motifs is 3. The van der Waals surface area contributed by atoms with Gasteiger partial charge in [-0.2, -0.15) is 0 Å². The smallest absolute Gasteiger partial charge is 0.224 e. The van der Waals surface area contributed by atoms with E-state index in [1.807, 2.05) is 31.8 Å². The van der Waals surface area contributed by atoms with Crippen molar-refractivity contribution in [2.45, 2.75) is 51.9 Å². The van der Waals surface area contributed by atoms with Crippen LogP contribution in [-0.4, -0.2) is 58.0 Å². The average molecular weight is 320 g/mol. The first kappa shape index (κ1) is 16.4. The minimum atomic E-state index is 0.151. The number of hydrogen-bond donors (Lipinski definition) is 2. The van der Waals surface area contributed by atoms with Crippen LogP contribution in [0.2, 0.25) is 0 Å². The molecule has 3 saturated heterocycles.